The molecule has 0 aliphatic carbocycles. The van der Waals surface area contributed by atoms with Crippen LogP contribution in [-0.4, -0.2) is 22.0 Å². The van der Waals surface area contributed by atoms with Gasteiger partial charge in [0.15, 0.2) is 0 Å². The van der Waals surface area contributed by atoms with Crippen LogP contribution in [0.1, 0.15) is 19.0 Å². The molecule has 0 unspecified atom stereocenters. The van der Waals surface area contributed by atoms with Crippen LogP contribution in [0.4, 0.5) is 10.5 Å². The minimum atomic E-state index is -0.111. The monoisotopic (exact) mass is 305 g/mol. The highest BCUT2D eigenvalue weighted by Crippen LogP contribution is 2.16. The Morgan fingerprint density at radius 3 is 2.76 bits per heavy atom. The summed E-state index contributed by atoms with van der Waals surface area (Å²) in [7, 11) is 1.98. The number of carbonyl (C=O) groups excluding carboxylic acids is 1. The van der Waals surface area contributed by atoms with E-state index < -0.39 is 0 Å². The highest BCUT2D eigenvalue weighted by atomic mass is 35.5. The van der Waals surface area contributed by atoms with E-state index in [2.05, 4.69) is 12.2 Å². The Hall–Kier alpha value is -1.94. The van der Waals surface area contributed by atoms with Gasteiger partial charge in [0.1, 0.15) is 0 Å². The van der Waals surface area contributed by atoms with E-state index in [1.54, 1.807) is 17.0 Å². The molecule has 0 saturated heterocycles. The van der Waals surface area contributed by atoms with Crippen LogP contribution in [0.25, 0.3) is 0 Å². The average Bonchev–Trinajstić information content (AvgIpc) is 2.84. The molecule has 2 amide bonds. The molecule has 5 heteroatoms. The van der Waals surface area contributed by atoms with Gasteiger partial charge in [0.2, 0.25) is 0 Å². The van der Waals surface area contributed by atoms with Gasteiger partial charge in [0.05, 0.1) is 6.54 Å². The summed E-state index contributed by atoms with van der Waals surface area (Å²) in [4.78, 5) is 14.2. The Morgan fingerprint density at radius 1 is 1.33 bits per heavy atom. The van der Waals surface area contributed by atoms with Gasteiger partial charge in [-0.3, -0.25) is 0 Å². The molecule has 2 aromatic rings. The summed E-state index contributed by atoms with van der Waals surface area (Å²) >= 11 is 5.94. The average molecular weight is 306 g/mol. The predicted octanol–water partition coefficient (Wildman–Crippen LogP) is 4.12. The largest absolute Gasteiger partial charge is 0.353 e. The van der Waals surface area contributed by atoms with Crippen LogP contribution in [0.5, 0.6) is 0 Å². The third kappa shape index (κ3) is 4.26. The number of aromatic nitrogens is 1. The molecule has 4 nitrogen and oxygen atoms in total. The van der Waals surface area contributed by atoms with E-state index in [0.717, 1.165) is 12.1 Å². The Kier molecular flexibility index (Phi) is 5.28. The molecule has 0 spiro atoms. The summed E-state index contributed by atoms with van der Waals surface area (Å²) < 4.78 is 2.02. The second-order valence-electron chi connectivity index (χ2n) is 4.97. The number of hydrogen-bond donors (Lipinski definition) is 1. The first-order chi connectivity index (χ1) is 10.1. The van der Waals surface area contributed by atoms with Crippen molar-refractivity contribution in [3.05, 3.63) is 53.3 Å². The number of nitrogens with one attached hydrogen (secondary N) is 1. The number of benzene rings is 1. The molecule has 0 fully saturated rings. The van der Waals surface area contributed by atoms with Crippen molar-refractivity contribution in [2.75, 3.05) is 11.9 Å². The number of carbonyl (C=O) groups is 1. The van der Waals surface area contributed by atoms with E-state index in [-0.39, 0.29) is 6.03 Å². The molecule has 1 heterocycles. The predicted molar refractivity (Wildman–Crippen MR) is 86.6 cm³/mol. The van der Waals surface area contributed by atoms with Crippen molar-refractivity contribution in [3.8, 4) is 0 Å². The minimum Gasteiger partial charge on any atom is -0.353 e. The standard InChI is InChI=1S/C16H20ClN3O/c1-3-9-20(12-15-8-5-10-19(15)2)16(21)18-14-7-4-6-13(17)11-14/h4-8,10-11H,3,9,12H2,1-2H3,(H,18,21). The number of amides is 2. The number of urea groups is 1. The molecular formula is C16H20ClN3O. The third-order valence-electron chi connectivity index (χ3n) is 3.26. The summed E-state index contributed by atoms with van der Waals surface area (Å²) in [6, 6.07) is 11.1. The topological polar surface area (TPSA) is 37.3 Å². The maximum Gasteiger partial charge on any atom is 0.322 e. The van der Waals surface area contributed by atoms with Crippen LogP contribution in [0.3, 0.4) is 0 Å². The highest BCUT2D eigenvalue weighted by Gasteiger charge is 2.14. The number of hydrogen-bond acceptors (Lipinski definition) is 1. The molecule has 112 valence electrons. The van der Waals surface area contributed by atoms with Crippen molar-refractivity contribution in [1.82, 2.24) is 9.47 Å². The molecule has 0 saturated carbocycles. The molecule has 0 atom stereocenters. The second-order valence-corrected chi connectivity index (χ2v) is 5.41. The van der Waals surface area contributed by atoms with Gasteiger partial charge in [0.25, 0.3) is 0 Å². The molecular weight excluding hydrogens is 286 g/mol. The molecule has 2 rings (SSSR count). The molecule has 1 N–H and O–H groups in total. The number of halogens is 1. The van der Waals surface area contributed by atoms with Crippen LogP contribution >= 0.6 is 11.6 Å². The molecule has 1 aromatic heterocycles. The molecule has 0 radical (unpaired) electrons. The molecule has 0 bridgehead atoms. The number of rotatable bonds is 5. The van der Waals surface area contributed by atoms with Gasteiger partial charge in [-0.15, -0.1) is 0 Å². The summed E-state index contributed by atoms with van der Waals surface area (Å²) in [5, 5.41) is 3.50. The van der Waals surface area contributed by atoms with Crippen molar-refractivity contribution in [1.29, 1.82) is 0 Å². The summed E-state index contributed by atoms with van der Waals surface area (Å²) in [6.07, 6.45) is 2.89. The fourth-order valence-electron chi connectivity index (χ4n) is 2.15. The van der Waals surface area contributed by atoms with Gasteiger partial charge < -0.3 is 14.8 Å². The van der Waals surface area contributed by atoms with E-state index in [1.807, 2.05) is 42.1 Å². The lowest BCUT2D eigenvalue weighted by Crippen LogP contribution is -2.35. The number of anilines is 1. The van der Waals surface area contributed by atoms with Crippen LogP contribution in [0.15, 0.2) is 42.6 Å². The Labute approximate surface area is 130 Å². The smallest absolute Gasteiger partial charge is 0.322 e. The highest BCUT2D eigenvalue weighted by molar-refractivity contribution is 6.30. The Balaban J connectivity index is 2.07. The lowest BCUT2D eigenvalue weighted by molar-refractivity contribution is 0.208. The van der Waals surface area contributed by atoms with Gasteiger partial charge in [0, 0.05) is 36.2 Å². The summed E-state index contributed by atoms with van der Waals surface area (Å²) in [6.45, 7) is 3.35. The lowest BCUT2D eigenvalue weighted by atomic mass is 10.3. The number of nitrogens with zero attached hydrogens (tertiary/aromatic N) is 2. The number of aryl methyl sites for hydroxylation is 1. The second kappa shape index (κ2) is 7.18. The Bertz CT molecular complexity index is 609. The van der Waals surface area contributed by atoms with Crippen LogP contribution in [0, 0.1) is 0 Å². The normalized spacial score (nSPS) is 10.4. The summed E-state index contributed by atoms with van der Waals surface area (Å²) in [5.41, 5.74) is 1.81. The summed E-state index contributed by atoms with van der Waals surface area (Å²) in [5.74, 6) is 0. The van der Waals surface area contributed by atoms with E-state index in [0.29, 0.717) is 23.8 Å². The van der Waals surface area contributed by atoms with E-state index in [1.165, 1.54) is 0 Å². The molecule has 1 aromatic carbocycles. The van der Waals surface area contributed by atoms with E-state index in [9.17, 15) is 4.79 Å². The molecule has 0 aliphatic heterocycles. The first-order valence-electron chi connectivity index (χ1n) is 7.02. The first kappa shape index (κ1) is 15.4. The molecule has 21 heavy (non-hydrogen) atoms. The zero-order valence-corrected chi connectivity index (χ0v) is 13.1. The zero-order valence-electron chi connectivity index (χ0n) is 12.3. The third-order valence-corrected chi connectivity index (χ3v) is 3.50. The SMILES string of the molecule is CCCN(Cc1cccn1C)C(=O)Nc1cccc(Cl)c1. The van der Waals surface area contributed by atoms with Gasteiger partial charge in [-0.05, 0) is 36.8 Å². The fourth-order valence-corrected chi connectivity index (χ4v) is 2.34. The zero-order chi connectivity index (χ0) is 15.2. The van der Waals surface area contributed by atoms with Crippen molar-refractivity contribution >= 4 is 23.3 Å². The maximum absolute atomic E-state index is 12.4. The van der Waals surface area contributed by atoms with Crippen molar-refractivity contribution < 1.29 is 4.79 Å². The first-order valence-corrected chi connectivity index (χ1v) is 7.39. The van der Waals surface area contributed by atoms with E-state index >= 15 is 0 Å². The van der Waals surface area contributed by atoms with Crippen molar-refractivity contribution in [2.24, 2.45) is 7.05 Å². The van der Waals surface area contributed by atoms with Crippen molar-refractivity contribution in [2.45, 2.75) is 19.9 Å². The van der Waals surface area contributed by atoms with Gasteiger partial charge >= 0.3 is 6.03 Å². The lowest BCUT2D eigenvalue weighted by Gasteiger charge is -2.23. The minimum absolute atomic E-state index is 0.111. The van der Waals surface area contributed by atoms with Crippen LogP contribution in [-0.2, 0) is 13.6 Å². The van der Waals surface area contributed by atoms with E-state index in [4.69, 9.17) is 11.6 Å². The van der Waals surface area contributed by atoms with Crippen LogP contribution < -0.4 is 5.32 Å². The van der Waals surface area contributed by atoms with Gasteiger partial charge in [-0.25, -0.2) is 4.79 Å². The van der Waals surface area contributed by atoms with Crippen molar-refractivity contribution in [3.63, 3.8) is 0 Å². The van der Waals surface area contributed by atoms with Gasteiger partial charge in [-0.1, -0.05) is 24.6 Å². The fraction of sp³-hybridized carbons (Fsp3) is 0.312. The van der Waals surface area contributed by atoms with Crippen LogP contribution in [0.2, 0.25) is 5.02 Å². The van der Waals surface area contributed by atoms with Gasteiger partial charge in [-0.2, -0.15) is 0 Å². The quantitative estimate of drug-likeness (QED) is 0.886. The Morgan fingerprint density at radius 2 is 2.14 bits per heavy atom. The molecule has 0 aliphatic rings. The maximum atomic E-state index is 12.4.